The number of halogens is 1. The number of para-hydroxylation sites is 1. The Labute approximate surface area is 87.5 Å². The first-order chi connectivity index (χ1) is 6.68. The molecule has 2 aromatic rings. The van der Waals surface area contributed by atoms with Crippen LogP contribution in [0.5, 0.6) is 0 Å². The standard InChI is InChI=1S/C10H5BrO3/c11-9(12)7-5-6-3-1-2-4-8(6)14-10(7)13/h1-5H. The zero-order valence-electron chi connectivity index (χ0n) is 6.99. The molecule has 1 aromatic heterocycles. The number of fused-ring (bicyclic) bond motifs is 1. The lowest BCUT2D eigenvalue weighted by Gasteiger charge is -1.96. The Morgan fingerprint density at radius 2 is 2.00 bits per heavy atom. The Morgan fingerprint density at radius 1 is 1.29 bits per heavy atom. The van der Waals surface area contributed by atoms with Gasteiger partial charge in [0.25, 0.3) is 0 Å². The third kappa shape index (κ3) is 1.48. The fraction of sp³-hybridized carbons (Fsp3) is 0. The Balaban J connectivity index is 2.84. The van der Waals surface area contributed by atoms with Crippen molar-refractivity contribution in [1.29, 1.82) is 0 Å². The van der Waals surface area contributed by atoms with E-state index in [1.54, 1.807) is 18.2 Å². The molecule has 1 aromatic carbocycles. The fourth-order valence-electron chi connectivity index (χ4n) is 1.20. The van der Waals surface area contributed by atoms with Crippen LogP contribution in [0.25, 0.3) is 11.0 Å². The molecule has 0 aliphatic carbocycles. The van der Waals surface area contributed by atoms with Gasteiger partial charge in [-0.15, -0.1) is 0 Å². The highest BCUT2D eigenvalue weighted by Gasteiger charge is 2.09. The van der Waals surface area contributed by atoms with Crippen molar-refractivity contribution in [1.82, 2.24) is 0 Å². The molecule has 0 aliphatic heterocycles. The van der Waals surface area contributed by atoms with Crippen LogP contribution in [0.4, 0.5) is 0 Å². The predicted molar refractivity (Wildman–Crippen MR) is 55.7 cm³/mol. The van der Waals surface area contributed by atoms with Crippen molar-refractivity contribution in [2.45, 2.75) is 0 Å². The van der Waals surface area contributed by atoms with Crippen LogP contribution in [0.15, 0.2) is 39.5 Å². The lowest BCUT2D eigenvalue weighted by Crippen LogP contribution is -2.09. The zero-order valence-corrected chi connectivity index (χ0v) is 8.58. The zero-order chi connectivity index (χ0) is 10.1. The van der Waals surface area contributed by atoms with Crippen molar-refractivity contribution in [3.63, 3.8) is 0 Å². The Bertz CT molecular complexity index is 557. The second-order valence-electron chi connectivity index (χ2n) is 2.76. The van der Waals surface area contributed by atoms with Crippen molar-refractivity contribution < 1.29 is 9.21 Å². The third-order valence-corrected chi connectivity index (χ3v) is 2.28. The third-order valence-electron chi connectivity index (χ3n) is 1.85. The molecule has 0 atom stereocenters. The van der Waals surface area contributed by atoms with Crippen LogP contribution < -0.4 is 5.63 Å². The molecule has 0 radical (unpaired) electrons. The minimum absolute atomic E-state index is 0.0173. The highest BCUT2D eigenvalue weighted by molar-refractivity contribution is 9.18. The summed E-state index contributed by atoms with van der Waals surface area (Å²) in [5.41, 5.74) is -0.121. The molecular weight excluding hydrogens is 248 g/mol. The first-order valence-electron chi connectivity index (χ1n) is 3.91. The van der Waals surface area contributed by atoms with Crippen LogP contribution in [-0.4, -0.2) is 4.69 Å². The van der Waals surface area contributed by atoms with Gasteiger partial charge >= 0.3 is 5.63 Å². The Morgan fingerprint density at radius 3 is 2.71 bits per heavy atom. The first kappa shape index (κ1) is 9.15. The largest absolute Gasteiger partial charge is 0.422 e. The van der Waals surface area contributed by atoms with Crippen molar-refractivity contribution >= 4 is 31.6 Å². The molecule has 1 heterocycles. The second-order valence-corrected chi connectivity index (χ2v) is 3.48. The molecule has 0 saturated heterocycles. The van der Waals surface area contributed by atoms with Gasteiger partial charge in [0, 0.05) is 5.39 Å². The Hall–Kier alpha value is -1.42. The van der Waals surface area contributed by atoms with E-state index in [-0.39, 0.29) is 5.56 Å². The normalized spacial score (nSPS) is 10.4. The van der Waals surface area contributed by atoms with Crippen LogP contribution >= 0.6 is 15.9 Å². The van der Waals surface area contributed by atoms with Crippen LogP contribution in [0.3, 0.4) is 0 Å². The monoisotopic (exact) mass is 252 g/mol. The molecule has 2 rings (SSSR count). The molecule has 0 fully saturated rings. The van der Waals surface area contributed by atoms with E-state index < -0.39 is 10.3 Å². The summed E-state index contributed by atoms with van der Waals surface area (Å²) in [6.45, 7) is 0. The second kappa shape index (κ2) is 3.38. The topological polar surface area (TPSA) is 47.3 Å². The van der Waals surface area contributed by atoms with Gasteiger partial charge < -0.3 is 4.42 Å². The summed E-state index contributed by atoms with van der Waals surface area (Å²) in [4.78, 5) is 22.2. The molecule has 0 unspecified atom stereocenters. The molecule has 0 saturated carbocycles. The van der Waals surface area contributed by atoms with Crippen LogP contribution in [-0.2, 0) is 0 Å². The summed E-state index contributed by atoms with van der Waals surface area (Å²) in [6, 6.07) is 8.54. The van der Waals surface area contributed by atoms with Crippen molar-refractivity contribution in [3.8, 4) is 0 Å². The SMILES string of the molecule is O=C(Br)c1cc2ccccc2oc1=O. The fourth-order valence-corrected chi connectivity index (χ4v) is 1.48. The number of rotatable bonds is 1. The minimum atomic E-state index is -0.620. The van der Waals surface area contributed by atoms with E-state index in [0.717, 1.165) is 5.39 Å². The van der Waals surface area contributed by atoms with Crippen molar-refractivity contribution in [2.24, 2.45) is 0 Å². The summed E-state index contributed by atoms with van der Waals surface area (Å²) in [5, 5.41) is 0.731. The van der Waals surface area contributed by atoms with Gasteiger partial charge in [-0.3, -0.25) is 4.79 Å². The van der Waals surface area contributed by atoms with Crippen LogP contribution in [0, 0.1) is 0 Å². The van der Waals surface area contributed by atoms with Crippen molar-refractivity contribution in [2.75, 3.05) is 0 Å². The molecule has 3 nitrogen and oxygen atoms in total. The van der Waals surface area contributed by atoms with Gasteiger partial charge in [0.2, 0.25) is 4.69 Å². The van der Waals surface area contributed by atoms with E-state index in [1.165, 1.54) is 6.07 Å². The number of carbonyl (C=O) groups excluding carboxylic acids is 1. The van der Waals surface area contributed by atoms with E-state index >= 15 is 0 Å². The maximum atomic E-state index is 11.3. The molecule has 14 heavy (non-hydrogen) atoms. The smallest absolute Gasteiger partial charge is 0.348 e. The van der Waals surface area contributed by atoms with Gasteiger partial charge in [0.15, 0.2) is 0 Å². The van der Waals surface area contributed by atoms with Crippen molar-refractivity contribution in [3.05, 3.63) is 46.3 Å². The maximum absolute atomic E-state index is 11.3. The number of hydrogen-bond acceptors (Lipinski definition) is 3. The van der Waals surface area contributed by atoms with Gasteiger partial charge in [-0.25, -0.2) is 4.79 Å². The van der Waals surface area contributed by atoms with E-state index in [4.69, 9.17) is 4.42 Å². The van der Waals surface area contributed by atoms with E-state index in [2.05, 4.69) is 15.9 Å². The van der Waals surface area contributed by atoms with Gasteiger partial charge in [-0.2, -0.15) is 0 Å². The van der Waals surface area contributed by atoms with Gasteiger partial charge in [-0.05, 0) is 28.1 Å². The highest BCUT2D eigenvalue weighted by atomic mass is 79.9. The quantitative estimate of drug-likeness (QED) is 0.578. The summed E-state index contributed by atoms with van der Waals surface area (Å²) in [5.74, 6) is 0. The molecule has 4 heteroatoms. The molecule has 70 valence electrons. The highest BCUT2D eigenvalue weighted by Crippen LogP contribution is 2.13. The predicted octanol–water partition coefficient (Wildman–Crippen LogP) is 2.33. The van der Waals surface area contributed by atoms with Gasteiger partial charge in [0.05, 0.1) is 0 Å². The molecule has 0 bridgehead atoms. The lowest BCUT2D eigenvalue weighted by molar-refractivity contribution is 0.109. The number of carbonyl (C=O) groups is 1. The minimum Gasteiger partial charge on any atom is -0.422 e. The summed E-state index contributed by atoms with van der Waals surface area (Å²) < 4.78 is 4.49. The molecule has 0 N–H and O–H groups in total. The van der Waals surface area contributed by atoms with E-state index in [0.29, 0.717) is 5.58 Å². The average molecular weight is 253 g/mol. The van der Waals surface area contributed by atoms with Gasteiger partial charge in [-0.1, -0.05) is 18.2 Å². The summed E-state index contributed by atoms with van der Waals surface area (Å²) in [6.07, 6.45) is 0. The number of hydrogen-bond donors (Lipinski definition) is 0. The first-order valence-corrected chi connectivity index (χ1v) is 4.70. The molecular formula is C10H5BrO3. The average Bonchev–Trinajstić information content (AvgIpc) is 2.16. The van der Waals surface area contributed by atoms with E-state index in [9.17, 15) is 9.59 Å². The van der Waals surface area contributed by atoms with Crippen LogP contribution in [0.2, 0.25) is 0 Å². The van der Waals surface area contributed by atoms with Gasteiger partial charge in [0.1, 0.15) is 11.1 Å². The van der Waals surface area contributed by atoms with Crippen LogP contribution in [0.1, 0.15) is 10.4 Å². The molecule has 0 amide bonds. The summed E-state index contributed by atoms with van der Waals surface area (Å²) in [7, 11) is 0. The number of benzene rings is 1. The molecule has 0 spiro atoms. The lowest BCUT2D eigenvalue weighted by atomic mass is 10.2. The Kier molecular flexibility index (Phi) is 2.21. The van der Waals surface area contributed by atoms with E-state index in [1.807, 2.05) is 6.07 Å². The maximum Gasteiger partial charge on any atom is 0.348 e. The summed E-state index contributed by atoms with van der Waals surface area (Å²) >= 11 is 2.72. The molecule has 0 aliphatic rings.